The van der Waals surface area contributed by atoms with Crippen LogP contribution in [0.2, 0.25) is 0 Å². The van der Waals surface area contributed by atoms with E-state index in [1.807, 2.05) is 6.92 Å². The highest BCUT2D eigenvalue weighted by Crippen LogP contribution is 2.14. The van der Waals surface area contributed by atoms with Crippen LogP contribution in [0.25, 0.3) is 0 Å². The van der Waals surface area contributed by atoms with Crippen molar-refractivity contribution in [2.24, 2.45) is 0 Å². The molecule has 0 aliphatic carbocycles. The summed E-state index contributed by atoms with van der Waals surface area (Å²) in [5.74, 6) is -1.37. The van der Waals surface area contributed by atoms with Crippen LogP contribution in [0.15, 0.2) is 36.5 Å². The molecule has 1 aromatic heterocycles. The van der Waals surface area contributed by atoms with Crippen molar-refractivity contribution in [3.05, 3.63) is 58.9 Å². The molecule has 26 heavy (non-hydrogen) atoms. The Bertz CT molecular complexity index is 836. The molecule has 0 fully saturated rings. The fourth-order valence-electron chi connectivity index (χ4n) is 2.35. The first-order valence-corrected chi connectivity index (χ1v) is 8.04. The quantitative estimate of drug-likeness (QED) is 0.585. The minimum atomic E-state index is -0.707. The highest BCUT2D eigenvalue weighted by molar-refractivity contribution is 6.00. The standard InChI is InChI=1S/C19H20N2O5/c1-11(21-13(3)23)14-4-6-15(7-5-14)18(24)10-26-19(25)17-8-16(9-20-17)12(2)22/h4-9,11,20H,10H2,1-3H3,(H,21,23)/t11-/m1/s1. The summed E-state index contributed by atoms with van der Waals surface area (Å²) in [5, 5.41) is 2.76. The van der Waals surface area contributed by atoms with Crippen molar-refractivity contribution >= 4 is 23.4 Å². The van der Waals surface area contributed by atoms with Crippen molar-refractivity contribution in [2.75, 3.05) is 6.61 Å². The summed E-state index contributed by atoms with van der Waals surface area (Å²) < 4.78 is 4.98. The molecule has 2 N–H and O–H groups in total. The summed E-state index contributed by atoms with van der Waals surface area (Å²) in [5.41, 5.74) is 1.74. The van der Waals surface area contributed by atoms with Crippen LogP contribution in [-0.4, -0.2) is 35.0 Å². The summed E-state index contributed by atoms with van der Waals surface area (Å²) in [6, 6.07) is 7.92. The summed E-state index contributed by atoms with van der Waals surface area (Å²) in [4.78, 5) is 49.0. The fraction of sp³-hybridized carbons (Fsp3) is 0.263. The van der Waals surface area contributed by atoms with Crippen LogP contribution in [0, 0.1) is 0 Å². The Hall–Kier alpha value is -3.22. The minimum Gasteiger partial charge on any atom is -0.453 e. The molecule has 1 atom stereocenters. The Labute approximate surface area is 150 Å². The van der Waals surface area contributed by atoms with Gasteiger partial charge >= 0.3 is 5.97 Å². The van der Waals surface area contributed by atoms with Gasteiger partial charge in [-0.2, -0.15) is 0 Å². The van der Waals surface area contributed by atoms with Gasteiger partial charge in [-0.3, -0.25) is 14.4 Å². The maximum Gasteiger partial charge on any atom is 0.355 e. The number of ketones is 2. The number of Topliss-reactive ketones (excluding diaryl/α,β-unsaturated/α-hetero) is 2. The lowest BCUT2D eigenvalue weighted by atomic mass is 10.0. The third-order valence-electron chi connectivity index (χ3n) is 3.80. The third kappa shape index (κ3) is 4.89. The molecule has 7 heteroatoms. The van der Waals surface area contributed by atoms with Crippen LogP contribution in [0.3, 0.4) is 0 Å². The van der Waals surface area contributed by atoms with E-state index in [0.29, 0.717) is 11.1 Å². The van der Waals surface area contributed by atoms with Gasteiger partial charge in [-0.25, -0.2) is 4.79 Å². The largest absolute Gasteiger partial charge is 0.453 e. The van der Waals surface area contributed by atoms with Gasteiger partial charge in [0.25, 0.3) is 0 Å². The van der Waals surface area contributed by atoms with E-state index in [9.17, 15) is 19.2 Å². The van der Waals surface area contributed by atoms with Gasteiger partial charge in [-0.05, 0) is 25.5 Å². The molecule has 0 spiro atoms. The first kappa shape index (κ1) is 19.1. The summed E-state index contributed by atoms with van der Waals surface area (Å²) in [6.07, 6.45) is 1.41. The number of aromatic amines is 1. The highest BCUT2D eigenvalue weighted by atomic mass is 16.5. The number of ether oxygens (including phenoxy) is 1. The van der Waals surface area contributed by atoms with Gasteiger partial charge in [-0.1, -0.05) is 24.3 Å². The van der Waals surface area contributed by atoms with E-state index in [1.54, 1.807) is 24.3 Å². The van der Waals surface area contributed by atoms with E-state index in [0.717, 1.165) is 5.56 Å². The van der Waals surface area contributed by atoms with Gasteiger partial charge in [0.2, 0.25) is 5.91 Å². The lowest BCUT2D eigenvalue weighted by molar-refractivity contribution is -0.119. The van der Waals surface area contributed by atoms with Crippen molar-refractivity contribution in [3.63, 3.8) is 0 Å². The highest BCUT2D eigenvalue weighted by Gasteiger charge is 2.15. The topological polar surface area (TPSA) is 105 Å². The molecule has 7 nitrogen and oxygen atoms in total. The normalized spacial score (nSPS) is 11.5. The van der Waals surface area contributed by atoms with Crippen LogP contribution in [0.4, 0.5) is 0 Å². The Morgan fingerprint density at radius 3 is 2.27 bits per heavy atom. The number of hydrogen-bond acceptors (Lipinski definition) is 5. The Morgan fingerprint density at radius 1 is 1.08 bits per heavy atom. The van der Waals surface area contributed by atoms with Crippen LogP contribution in [0.5, 0.6) is 0 Å². The molecule has 2 rings (SSSR count). The van der Waals surface area contributed by atoms with Crippen molar-refractivity contribution in [2.45, 2.75) is 26.8 Å². The molecule has 0 aliphatic rings. The minimum absolute atomic E-state index is 0.113. The van der Waals surface area contributed by atoms with Crippen LogP contribution >= 0.6 is 0 Å². The average Bonchev–Trinajstić information content (AvgIpc) is 3.09. The van der Waals surface area contributed by atoms with Crippen LogP contribution in [0.1, 0.15) is 63.6 Å². The second-order valence-electron chi connectivity index (χ2n) is 5.90. The molecule has 1 heterocycles. The zero-order chi connectivity index (χ0) is 19.3. The number of rotatable bonds is 7. The van der Waals surface area contributed by atoms with E-state index >= 15 is 0 Å². The molecule has 0 saturated carbocycles. The van der Waals surface area contributed by atoms with Gasteiger partial charge in [-0.15, -0.1) is 0 Å². The maximum absolute atomic E-state index is 12.1. The summed E-state index contributed by atoms with van der Waals surface area (Å²) in [6.45, 7) is 4.25. The molecule has 136 valence electrons. The van der Waals surface area contributed by atoms with Gasteiger partial charge in [0.1, 0.15) is 5.69 Å². The average molecular weight is 356 g/mol. The molecule has 0 saturated heterocycles. The molecular weight excluding hydrogens is 336 g/mol. The van der Waals surface area contributed by atoms with E-state index in [4.69, 9.17) is 4.74 Å². The molecule has 0 unspecified atom stereocenters. The number of amides is 1. The number of hydrogen-bond donors (Lipinski definition) is 2. The molecule has 1 aromatic carbocycles. The molecular formula is C19H20N2O5. The Balaban J connectivity index is 1.93. The number of H-pyrrole nitrogens is 1. The Morgan fingerprint density at radius 2 is 1.73 bits per heavy atom. The molecule has 2 aromatic rings. The smallest absolute Gasteiger partial charge is 0.355 e. The second kappa shape index (κ2) is 8.24. The number of carbonyl (C=O) groups is 4. The summed E-state index contributed by atoms with van der Waals surface area (Å²) >= 11 is 0. The van der Waals surface area contributed by atoms with Gasteiger partial charge in [0.15, 0.2) is 18.2 Å². The number of benzene rings is 1. The molecule has 0 bridgehead atoms. The monoisotopic (exact) mass is 356 g/mol. The molecule has 0 radical (unpaired) electrons. The van der Waals surface area contributed by atoms with E-state index in [-0.39, 0.29) is 29.2 Å². The lowest BCUT2D eigenvalue weighted by Gasteiger charge is -2.13. The maximum atomic E-state index is 12.1. The number of nitrogens with one attached hydrogen (secondary N) is 2. The van der Waals surface area contributed by atoms with E-state index < -0.39 is 12.6 Å². The fourth-order valence-corrected chi connectivity index (χ4v) is 2.35. The van der Waals surface area contributed by atoms with E-state index in [2.05, 4.69) is 10.3 Å². The first-order chi connectivity index (χ1) is 12.3. The van der Waals surface area contributed by atoms with Gasteiger partial charge in [0, 0.05) is 24.2 Å². The SMILES string of the molecule is CC(=O)N[C@H](C)c1ccc(C(=O)COC(=O)c2cc(C(C)=O)c[nH]2)cc1. The van der Waals surface area contributed by atoms with Crippen LogP contribution in [-0.2, 0) is 9.53 Å². The van der Waals surface area contributed by atoms with Crippen molar-refractivity contribution in [1.29, 1.82) is 0 Å². The van der Waals surface area contributed by atoms with Gasteiger partial charge < -0.3 is 15.0 Å². The number of esters is 1. The van der Waals surface area contributed by atoms with Crippen LogP contribution < -0.4 is 5.32 Å². The van der Waals surface area contributed by atoms with Crippen molar-refractivity contribution in [3.8, 4) is 0 Å². The predicted molar refractivity (Wildman–Crippen MR) is 94.1 cm³/mol. The number of aromatic nitrogens is 1. The summed E-state index contributed by atoms with van der Waals surface area (Å²) in [7, 11) is 0. The van der Waals surface area contributed by atoms with E-state index in [1.165, 1.54) is 26.1 Å². The second-order valence-corrected chi connectivity index (χ2v) is 5.90. The van der Waals surface area contributed by atoms with Gasteiger partial charge in [0.05, 0.1) is 6.04 Å². The number of carbonyl (C=O) groups excluding carboxylic acids is 4. The predicted octanol–water partition coefficient (Wildman–Crippen LogP) is 2.45. The van der Waals surface area contributed by atoms with Crippen molar-refractivity contribution in [1.82, 2.24) is 10.3 Å². The first-order valence-electron chi connectivity index (χ1n) is 8.04. The molecule has 1 amide bonds. The zero-order valence-corrected chi connectivity index (χ0v) is 14.8. The third-order valence-corrected chi connectivity index (χ3v) is 3.80. The molecule has 0 aliphatic heterocycles. The Kier molecular flexibility index (Phi) is 6.06. The lowest BCUT2D eigenvalue weighted by Crippen LogP contribution is -2.23. The van der Waals surface area contributed by atoms with Crippen molar-refractivity contribution < 1.29 is 23.9 Å². The zero-order valence-electron chi connectivity index (χ0n) is 14.8.